The molecule has 2 nitrogen and oxygen atoms in total. The zero-order valence-electron chi connectivity index (χ0n) is 10.8. The molecule has 1 aromatic rings. The van der Waals surface area contributed by atoms with Crippen LogP contribution >= 0.6 is 11.3 Å². The van der Waals surface area contributed by atoms with E-state index in [2.05, 4.69) is 23.7 Å². The van der Waals surface area contributed by atoms with E-state index in [1.54, 1.807) is 11.1 Å². The highest BCUT2D eigenvalue weighted by Crippen LogP contribution is 2.36. The van der Waals surface area contributed by atoms with Gasteiger partial charge in [0.05, 0.1) is 10.7 Å². The Kier molecular flexibility index (Phi) is 3.05. The van der Waals surface area contributed by atoms with Crippen molar-refractivity contribution in [3.63, 3.8) is 0 Å². The van der Waals surface area contributed by atoms with Crippen molar-refractivity contribution in [3.05, 3.63) is 26.7 Å². The number of rotatable bonds is 2. The average Bonchev–Trinajstić information content (AvgIpc) is 3.08. The van der Waals surface area contributed by atoms with Gasteiger partial charge in [0.2, 0.25) is 0 Å². The van der Waals surface area contributed by atoms with Gasteiger partial charge < -0.3 is 0 Å². The fraction of sp³-hybridized carbons (Fsp3) is 0.643. The van der Waals surface area contributed by atoms with Crippen molar-refractivity contribution in [2.75, 3.05) is 13.1 Å². The topological polar surface area (TPSA) is 16.1 Å². The molecule has 0 radical (unpaired) electrons. The average molecular weight is 248 g/mol. The van der Waals surface area contributed by atoms with Crippen molar-refractivity contribution in [2.45, 2.75) is 46.1 Å². The monoisotopic (exact) mass is 248 g/mol. The van der Waals surface area contributed by atoms with E-state index in [-0.39, 0.29) is 0 Å². The van der Waals surface area contributed by atoms with E-state index in [1.807, 2.05) is 11.3 Å². The predicted octanol–water partition coefficient (Wildman–Crippen LogP) is 3.45. The van der Waals surface area contributed by atoms with Crippen LogP contribution in [0.15, 0.2) is 11.1 Å². The number of aryl methyl sites for hydroxylation is 2. The Balaban J connectivity index is 1.60. The predicted molar refractivity (Wildman–Crippen MR) is 72.4 cm³/mol. The van der Waals surface area contributed by atoms with Crippen LogP contribution in [0.5, 0.6) is 0 Å². The number of thiazole rings is 1. The molecule has 0 aromatic carbocycles. The first-order chi connectivity index (χ1) is 8.22. The second-order valence-corrected chi connectivity index (χ2v) is 6.51. The van der Waals surface area contributed by atoms with Crippen LogP contribution in [-0.2, 0) is 6.54 Å². The fourth-order valence-electron chi connectivity index (χ4n) is 2.67. The van der Waals surface area contributed by atoms with Crippen molar-refractivity contribution in [1.82, 2.24) is 9.88 Å². The minimum Gasteiger partial charge on any atom is -0.298 e. The minimum atomic E-state index is 1.11. The van der Waals surface area contributed by atoms with E-state index in [9.17, 15) is 0 Å². The highest BCUT2D eigenvalue weighted by Gasteiger charge is 2.22. The third-order valence-electron chi connectivity index (χ3n) is 3.83. The third-order valence-corrected chi connectivity index (χ3v) is 4.88. The van der Waals surface area contributed by atoms with Gasteiger partial charge in [0.25, 0.3) is 0 Å². The summed E-state index contributed by atoms with van der Waals surface area (Å²) >= 11 is 1.86. The summed E-state index contributed by atoms with van der Waals surface area (Å²) in [5.74, 6) is 0. The molecule has 1 saturated carbocycles. The van der Waals surface area contributed by atoms with Gasteiger partial charge in [-0.05, 0) is 39.5 Å². The first-order valence-corrected chi connectivity index (χ1v) is 7.39. The zero-order chi connectivity index (χ0) is 11.8. The van der Waals surface area contributed by atoms with Gasteiger partial charge in [0.15, 0.2) is 0 Å². The van der Waals surface area contributed by atoms with Crippen molar-refractivity contribution in [2.24, 2.45) is 0 Å². The van der Waals surface area contributed by atoms with Crippen LogP contribution in [-0.4, -0.2) is 23.0 Å². The Hall–Kier alpha value is -0.670. The molecule has 0 spiro atoms. The molecule has 2 fully saturated rings. The molecule has 1 aliphatic carbocycles. The lowest BCUT2D eigenvalue weighted by Crippen LogP contribution is -2.30. The summed E-state index contributed by atoms with van der Waals surface area (Å²) in [4.78, 5) is 8.56. The van der Waals surface area contributed by atoms with E-state index in [1.165, 1.54) is 54.4 Å². The van der Waals surface area contributed by atoms with Crippen molar-refractivity contribution >= 4 is 11.3 Å². The first-order valence-electron chi connectivity index (χ1n) is 6.57. The molecule has 0 unspecified atom stereocenters. The number of hydrogen-bond acceptors (Lipinski definition) is 3. The van der Waals surface area contributed by atoms with Crippen LogP contribution in [0.3, 0.4) is 0 Å². The minimum absolute atomic E-state index is 1.11. The maximum Gasteiger partial charge on any atom is 0.0900 e. The van der Waals surface area contributed by atoms with E-state index < -0.39 is 0 Å². The lowest BCUT2D eigenvalue weighted by Gasteiger charge is -2.28. The molecule has 1 saturated heterocycles. The second kappa shape index (κ2) is 4.54. The van der Waals surface area contributed by atoms with Crippen molar-refractivity contribution in [1.29, 1.82) is 0 Å². The standard InChI is InChI=1S/C14H20N2S/c1-10-14(17-11(2)15-10)9-16-7-5-13(6-8-16)12-3-4-12/h3-9H2,1-2H3. The molecule has 0 N–H and O–H groups in total. The van der Waals surface area contributed by atoms with E-state index in [0.717, 1.165) is 6.54 Å². The van der Waals surface area contributed by atoms with E-state index >= 15 is 0 Å². The summed E-state index contributed by atoms with van der Waals surface area (Å²) < 4.78 is 0. The van der Waals surface area contributed by atoms with Crippen molar-refractivity contribution in [3.8, 4) is 0 Å². The zero-order valence-corrected chi connectivity index (χ0v) is 11.6. The van der Waals surface area contributed by atoms with Crippen LogP contribution in [0.2, 0.25) is 0 Å². The Labute approximate surface area is 107 Å². The smallest absolute Gasteiger partial charge is 0.0900 e. The Morgan fingerprint density at radius 1 is 1.06 bits per heavy atom. The number of hydrogen-bond donors (Lipinski definition) is 0. The summed E-state index contributed by atoms with van der Waals surface area (Å²) in [5, 5.41) is 1.20. The number of aromatic nitrogens is 1. The fourth-order valence-corrected chi connectivity index (χ4v) is 3.65. The summed E-state index contributed by atoms with van der Waals surface area (Å²) in [6.07, 6.45) is 5.41. The molecule has 17 heavy (non-hydrogen) atoms. The van der Waals surface area contributed by atoms with Crippen LogP contribution in [0.4, 0.5) is 0 Å². The summed E-state index contributed by atoms with van der Waals surface area (Å²) in [6.45, 7) is 7.85. The molecule has 1 aromatic heterocycles. The molecule has 3 rings (SSSR count). The Morgan fingerprint density at radius 2 is 1.71 bits per heavy atom. The molecule has 0 amide bonds. The van der Waals surface area contributed by atoms with E-state index in [0.29, 0.717) is 0 Å². The largest absolute Gasteiger partial charge is 0.298 e. The van der Waals surface area contributed by atoms with Gasteiger partial charge in [-0.25, -0.2) is 4.98 Å². The van der Waals surface area contributed by atoms with Crippen LogP contribution in [0, 0.1) is 13.8 Å². The molecule has 2 aliphatic rings. The normalized spacial score (nSPS) is 21.1. The SMILES string of the molecule is Cc1nc(C)c(CN2CCC(=C3CC3)CC2)s1. The third kappa shape index (κ3) is 2.61. The first kappa shape index (κ1) is 11.4. The van der Waals surface area contributed by atoms with Crippen molar-refractivity contribution < 1.29 is 0 Å². The number of piperidine rings is 1. The summed E-state index contributed by atoms with van der Waals surface area (Å²) in [5.41, 5.74) is 4.78. The van der Waals surface area contributed by atoms with Gasteiger partial charge in [0.1, 0.15) is 0 Å². The lowest BCUT2D eigenvalue weighted by atomic mass is 10.0. The Bertz CT molecular complexity index is 443. The molecular formula is C14H20N2S. The van der Waals surface area contributed by atoms with E-state index in [4.69, 9.17) is 0 Å². The second-order valence-electron chi connectivity index (χ2n) is 5.22. The highest BCUT2D eigenvalue weighted by molar-refractivity contribution is 7.11. The molecule has 2 heterocycles. The number of allylic oxidation sites excluding steroid dienone is 1. The number of nitrogens with zero attached hydrogens (tertiary/aromatic N) is 2. The van der Waals surface area contributed by atoms with Crippen LogP contribution in [0.25, 0.3) is 0 Å². The highest BCUT2D eigenvalue weighted by atomic mass is 32.1. The Morgan fingerprint density at radius 3 is 2.24 bits per heavy atom. The van der Waals surface area contributed by atoms with Gasteiger partial charge in [-0.2, -0.15) is 0 Å². The maximum atomic E-state index is 4.51. The molecule has 1 aliphatic heterocycles. The summed E-state index contributed by atoms with van der Waals surface area (Å²) in [7, 11) is 0. The van der Waals surface area contributed by atoms with Gasteiger partial charge in [-0.3, -0.25) is 4.90 Å². The quantitative estimate of drug-likeness (QED) is 0.745. The maximum absolute atomic E-state index is 4.51. The molecule has 0 bridgehead atoms. The van der Waals surface area contributed by atoms with Gasteiger partial charge in [0, 0.05) is 24.5 Å². The lowest BCUT2D eigenvalue weighted by molar-refractivity contribution is 0.249. The summed E-state index contributed by atoms with van der Waals surface area (Å²) in [6, 6.07) is 0. The molecule has 92 valence electrons. The van der Waals surface area contributed by atoms with Gasteiger partial charge >= 0.3 is 0 Å². The van der Waals surface area contributed by atoms with Gasteiger partial charge in [-0.1, -0.05) is 11.1 Å². The van der Waals surface area contributed by atoms with Gasteiger partial charge in [-0.15, -0.1) is 11.3 Å². The molecule has 0 atom stereocenters. The molecule has 3 heteroatoms. The van der Waals surface area contributed by atoms with Crippen LogP contribution < -0.4 is 0 Å². The van der Waals surface area contributed by atoms with Crippen LogP contribution in [0.1, 0.15) is 41.3 Å². The number of likely N-dealkylation sites (tertiary alicyclic amines) is 1. The molecular weight excluding hydrogens is 228 g/mol.